The van der Waals surface area contributed by atoms with Crippen LogP contribution in [0.4, 0.5) is 4.79 Å². The standard InChI is InChI=1S/C9H14N2O4S2/c1-5(2)11-9(12)15-7-4-16-6(3)8(7)17(10,13)14/h4-5H,1-3H3,(H,11,12)(H2,10,13,14). The summed E-state index contributed by atoms with van der Waals surface area (Å²) in [5, 5.41) is 8.97. The number of nitrogens with two attached hydrogens (primary N) is 1. The van der Waals surface area contributed by atoms with Gasteiger partial charge >= 0.3 is 6.09 Å². The van der Waals surface area contributed by atoms with E-state index in [1.54, 1.807) is 20.8 Å². The second kappa shape index (κ2) is 5.03. The van der Waals surface area contributed by atoms with Crippen molar-refractivity contribution in [1.82, 2.24) is 5.32 Å². The second-order valence-corrected chi connectivity index (χ2v) is 6.30. The van der Waals surface area contributed by atoms with Crippen LogP contribution in [0.3, 0.4) is 0 Å². The van der Waals surface area contributed by atoms with Crippen molar-refractivity contribution in [2.24, 2.45) is 5.14 Å². The zero-order chi connectivity index (χ0) is 13.2. The van der Waals surface area contributed by atoms with Gasteiger partial charge in [0.05, 0.1) is 0 Å². The predicted octanol–water partition coefficient (Wildman–Crippen LogP) is 1.20. The zero-order valence-electron chi connectivity index (χ0n) is 9.68. The van der Waals surface area contributed by atoms with E-state index in [0.29, 0.717) is 4.88 Å². The summed E-state index contributed by atoms with van der Waals surface area (Å²) in [4.78, 5) is 11.7. The summed E-state index contributed by atoms with van der Waals surface area (Å²) < 4.78 is 27.5. The molecule has 1 amide bonds. The maximum atomic E-state index is 11.3. The van der Waals surface area contributed by atoms with Crippen LogP contribution in [0.2, 0.25) is 0 Å². The van der Waals surface area contributed by atoms with Crippen LogP contribution >= 0.6 is 11.3 Å². The number of aryl methyl sites for hydroxylation is 1. The molecule has 0 aromatic carbocycles. The van der Waals surface area contributed by atoms with Crippen molar-refractivity contribution in [3.8, 4) is 5.75 Å². The number of amides is 1. The molecule has 1 rings (SSSR count). The van der Waals surface area contributed by atoms with Crippen LogP contribution in [0.25, 0.3) is 0 Å². The molecule has 0 atom stereocenters. The Labute approximate surface area is 104 Å². The molecule has 0 spiro atoms. The van der Waals surface area contributed by atoms with Crippen molar-refractivity contribution < 1.29 is 17.9 Å². The maximum absolute atomic E-state index is 11.3. The number of primary sulfonamides is 1. The third-order valence-corrected chi connectivity index (χ3v) is 3.88. The first-order chi connectivity index (χ1) is 7.71. The van der Waals surface area contributed by atoms with Crippen molar-refractivity contribution in [3.05, 3.63) is 10.3 Å². The largest absolute Gasteiger partial charge is 0.412 e. The number of nitrogens with one attached hydrogen (secondary N) is 1. The van der Waals surface area contributed by atoms with Gasteiger partial charge in [-0.1, -0.05) is 0 Å². The van der Waals surface area contributed by atoms with E-state index >= 15 is 0 Å². The van der Waals surface area contributed by atoms with E-state index in [1.807, 2.05) is 0 Å². The minimum Gasteiger partial charge on any atom is -0.408 e. The number of thiophene rings is 1. The molecule has 0 fully saturated rings. The van der Waals surface area contributed by atoms with Gasteiger partial charge in [-0.15, -0.1) is 11.3 Å². The van der Waals surface area contributed by atoms with E-state index in [0.717, 1.165) is 11.3 Å². The number of sulfonamides is 1. The lowest BCUT2D eigenvalue weighted by Crippen LogP contribution is -2.33. The smallest absolute Gasteiger partial charge is 0.408 e. The van der Waals surface area contributed by atoms with Crippen LogP contribution in [-0.4, -0.2) is 20.6 Å². The molecule has 17 heavy (non-hydrogen) atoms. The van der Waals surface area contributed by atoms with E-state index in [2.05, 4.69) is 5.32 Å². The lowest BCUT2D eigenvalue weighted by molar-refractivity contribution is 0.197. The molecule has 1 aromatic heterocycles. The molecule has 0 radical (unpaired) electrons. The summed E-state index contributed by atoms with van der Waals surface area (Å²) in [5.74, 6) is -0.0341. The molecule has 8 heteroatoms. The lowest BCUT2D eigenvalue weighted by atomic mass is 10.4. The summed E-state index contributed by atoms with van der Waals surface area (Å²) in [5.41, 5.74) is 0. The number of ether oxygens (including phenoxy) is 1. The summed E-state index contributed by atoms with van der Waals surface area (Å²) in [6, 6.07) is -0.0971. The summed E-state index contributed by atoms with van der Waals surface area (Å²) in [6.45, 7) is 5.12. The van der Waals surface area contributed by atoms with Gasteiger partial charge in [0.2, 0.25) is 10.0 Å². The predicted molar refractivity (Wildman–Crippen MR) is 64.7 cm³/mol. The quantitative estimate of drug-likeness (QED) is 0.867. The molecule has 96 valence electrons. The minimum absolute atomic E-state index is 0.0341. The van der Waals surface area contributed by atoms with Gasteiger partial charge in [0.15, 0.2) is 5.75 Å². The minimum atomic E-state index is -3.89. The third kappa shape index (κ3) is 3.69. The average Bonchev–Trinajstić information content (AvgIpc) is 2.43. The number of carbonyl (C=O) groups is 1. The Morgan fingerprint density at radius 1 is 1.53 bits per heavy atom. The van der Waals surface area contributed by atoms with Gasteiger partial charge < -0.3 is 10.1 Å². The average molecular weight is 278 g/mol. The van der Waals surface area contributed by atoms with Gasteiger partial charge in [0.25, 0.3) is 0 Å². The summed E-state index contributed by atoms with van der Waals surface area (Å²) in [6.07, 6.45) is -0.706. The van der Waals surface area contributed by atoms with Crippen LogP contribution in [0.15, 0.2) is 10.3 Å². The Balaban J connectivity index is 2.98. The van der Waals surface area contributed by atoms with E-state index in [9.17, 15) is 13.2 Å². The molecule has 0 unspecified atom stereocenters. The topological polar surface area (TPSA) is 98.5 Å². The van der Waals surface area contributed by atoms with E-state index in [-0.39, 0.29) is 16.7 Å². The van der Waals surface area contributed by atoms with Crippen LogP contribution < -0.4 is 15.2 Å². The molecule has 0 bridgehead atoms. The lowest BCUT2D eigenvalue weighted by Gasteiger charge is -2.09. The molecule has 0 aliphatic heterocycles. The van der Waals surface area contributed by atoms with E-state index < -0.39 is 16.1 Å². The van der Waals surface area contributed by atoms with Gasteiger partial charge in [-0.2, -0.15) is 0 Å². The zero-order valence-corrected chi connectivity index (χ0v) is 11.3. The van der Waals surface area contributed by atoms with Crippen molar-refractivity contribution >= 4 is 27.5 Å². The van der Waals surface area contributed by atoms with Crippen LogP contribution in [0.5, 0.6) is 5.75 Å². The highest BCUT2D eigenvalue weighted by Crippen LogP contribution is 2.32. The third-order valence-electron chi connectivity index (χ3n) is 1.78. The van der Waals surface area contributed by atoms with E-state index in [4.69, 9.17) is 9.88 Å². The van der Waals surface area contributed by atoms with Crippen molar-refractivity contribution in [2.75, 3.05) is 0 Å². The SMILES string of the molecule is Cc1scc(OC(=O)NC(C)C)c1S(N)(=O)=O. The fourth-order valence-electron chi connectivity index (χ4n) is 1.20. The molecule has 1 aromatic rings. The maximum Gasteiger partial charge on any atom is 0.412 e. The highest BCUT2D eigenvalue weighted by molar-refractivity contribution is 7.89. The molecular weight excluding hydrogens is 264 g/mol. The van der Waals surface area contributed by atoms with Gasteiger partial charge in [-0.3, -0.25) is 0 Å². The van der Waals surface area contributed by atoms with Crippen molar-refractivity contribution in [2.45, 2.75) is 31.7 Å². The number of hydrogen-bond donors (Lipinski definition) is 2. The van der Waals surface area contributed by atoms with Gasteiger partial charge in [-0.05, 0) is 20.8 Å². The molecule has 0 aliphatic rings. The van der Waals surface area contributed by atoms with Crippen molar-refractivity contribution in [1.29, 1.82) is 0 Å². The fourth-order valence-corrected chi connectivity index (χ4v) is 3.20. The highest BCUT2D eigenvalue weighted by atomic mass is 32.2. The fraction of sp³-hybridized carbons (Fsp3) is 0.444. The number of carbonyl (C=O) groups excluding carboxylic acids is 1. The first-order valence-corrected chi connectivity index (χ1v) is 7.23. The van der Waals surface area contributed by atoms with Crippen LogP contribution in [0.1, 0.15) is 18.7 Å². The molecular formula is C9H14N2O4S2. The number of hydrogen-bond acceptors (Lipinski definition) is 5. The van der Waals surface area contributed by atoms with E-state index in [1.165, 1.54) is 5.38 Å². The van der Waals surface area contributed by atoms with Gasteiger partial charge in [0.1, 0.15) is 4.90 Å². The first kappa shape index (κ1) is 13.9. The molecule has 3 N–H and O–H groups in total. The molecule has 1 heterocycles. The van der Waals surface area contributed by atoms with Gasteiger partial charge in [0, 0.05) is 16.3 Å². The second-order valence-electron chi connectivity index (χ2n) is 3.72. The summed E-state index contributed by atoms with van der Waals surface area (Å²) in [7, 11) is -3.89. The summed E-state index contributed by atoms with van der Waals surface area (Å²) >= 11 is 1.15. The molecule has 6 nitrogen and oxygen atoms in total. The first-order valence-electron chi connectivity index (χ1n) is 4.81. The number of rotatable bonds is 3. The highest BCUT2D eigenvalue weighted by Gasteiger charge is 2.22. The van der Waals surface area contributed by atoms with Crippen LogP contribution in [0, 0.1) is 6.92 Å². The van der Waals surface area contributed by atoms with Crippen molar-refractivity contribution in [3.63, 3.8) is 0 Å². The molecule has 0 saturated carbocycles. The monoisotopic (exact) mass is 278 g/mol. The Bertz CT molecular complexity index is 519. The molecule has 0 aliphatic carbocycles. The van der Waals surface area contributed by atoms with Crippen LogP contribution in [-0.2, 0) is 10.0 Å². The normalized spacial score (nSPS) is 11.6. The molecule has 0 saturated heterocycles. The van der Waals surface area contributed by atoms with Gasteiger partial charge in [-0.25, -0.2) is 18.4 Å². The Kier molecular flexibility index (Phi) is 4.12. The Morgan fingerprint density at radius 3 is 2.59 bits per heavy atom. The Morgan fingerprint density at radius 2 is 2.12 bits per heavy atom. The Hall–Kier alpha value is -1.12.